The molecule has 0 unspecified atom stereocenters. The number of anilines is 1. The van der Waals surface area contributed by atoms with E-state index >= 15 is 0 Å². The highest BCUT2D eigenvalue weighted by molar-refractivity contribution is 5.74. The van der Waals surface area contributed by atoms with Crippen LogP contribution in [0, 0.1) is 12.8 Å². The Kier molecular flexibility index (Phi) is 6.90. The Morgan fingerprint density at radius 3 is 2.57 bits per heavy atom. The molecule has 30 heavy (non-hydrogen) atoms. The lowest BCUT2D eigenvalue weighted by Crippen LogP contribution is -2.48. The summed E-state index contributed by atoms with van der Waals surface area (Å²) in [4.78, 5) is 17.3. The van der Waals surface area contributed by atoms with Crippen LogP contribution in [0.15, 0.2) is 54.6 Å². The summed E-state index contributed by atoms with van der Waals surface area (Å²) in [6, 6.07) is 19.6. The van der Waals surface area contributed by atoms with Crippen LogP contribution in [0.25, 0.3) is 0 Å². The molecule has 2 amide bonds. The van der Waals surface area contributed by atoms with Gasteiger partial charge in [0.25, 0.3) is 0 Å². The van der Waals surface area contributed by atoms with Crippen molar-refractivity contribution in [1.29, 1.82) is 0 Å². The maximum Gasteiger partial charge on any atom is 0.315 e. The minimum atomic E-state index is -0.00899. The van der Waals surface area contributed by atoms with Crippen LogP contribution in [0.3, 0.4) is 0 Å². The maximum absolute atomic E-state index is 12.4. The average molecular weight is 407 g/mol. The van der Waals surface area contributed by atoms with E-state index in [9.17, 15) is 4.79 Å². The summed E-state index contributed by atoms with van der Waals surface area (Å²) in [7, 11) is 0. The second kappa shape index (κ2) is 9.98. The fourth-order valence-corrected chi connectivity index (χ4v) is 4.65. The van der Waals surface area contributed by atoms with E-state index in [-0.39, 0.29) is 12.1 Å². The second-order valence-electron chi connectivity index (χ2n) is 8.83. The van der Waals surface area contributed by atoms with E-state index in [2.05, 4.69) is 82.0 Å². The molecule has 2 heterocycles. The highest BCUT2D eigenvalue weighted by atomic mass is 16.2. The molecule has 0 saturated carbocycles. The summed E-state index contributed by atoms with van der Waals surface area (Å²) < 4.78 is 0. The molecule has 1 atom stereocenters. The summed E-state index contributed by atoms with van der Waals surface area (Å²) in [6.07, 6.45) is 3.17. The molecule has 0 radical (unpaired) electrons. The van der Waals surface area contributed by atoms with Gasteiger partial charge in [0.15, 0.2) is 0 Å². The summed E-state index contributed by atoms with van der Waals surface area (Å²) in [5.41, 5.74) is 3.97. The second-order valence-corrected chi connectivity index (χ2v) is 8.83. The third kappa shape index (κ3) is 5.76. The van der Waals surface area contributed by atoms with Crippen molar-refractivity contribution in [3.05, 3.63) is 65.7 Å². The third-order valence-corrected chi connectivity index (χ3v) is 6.37. The molecule has 2 aliphatic rings. The molecule has 2 saturated heterocycles. The summed E-state index contributed by atoms with van der Waals surface area (Å²) >= 11 is 0. The van der Waals surface area contributed by atoms with E-state index in [1.54, 1.807) is 0 Å². The van der Waals surface area contributed by atoms with Crippen molar-refractivity contribution in [3.8, 4) is 0 Å². The summed E-state index contributed by atoms with van der Waals surface area (Å²) in [5, 5.41) is 6.30. The number of amides is 2. The first kappa shape index (κ1) is 20.7. The van der Waals surface area contributed by atoms with Crippen molar-refractivity contribution < 1.29 is 4.79 Å². The molecule has 2 fully saturated rings. The highest BCUT2D eigenvalue weighted by Crippen LogP contribution is 2.23. The van der Waals surface area contributed by atoms with Crippen molar-refractivity contribution >= 4 is 11.7 Å². The van der Waals surface area contributed by atoms with Crippen LogP contribution in [0.5, 0.6) is 0 Å². The molecule has 0 bridgehead atoms. The first-order valence-corrected chi connectivity index (χ1v) is 11.3. The minimum absolute atomic E-state index is 0.00899. The molecule has 160 valence electrons. The van der Waals surface area contributed by atoms with Crippen molar-refractivity contribution in [1.82, 2.24) is 15.5 Å². The van der Waals surface area contributed by atoms with Gasteiger partial charge in [-0.05, 0) is 49.8 Å². The van der Waals surface area contributed by atoms with Crippen LogP contribution in [-0.4, -0.2) is 49.7 Å². The van der Waals surface area contributed by atoms with Crippen molar-refractivity contribution in [2.45, 2.75) is 38.8 Å². The number of para-hydroxylation sites is 1. The molecular formula is C25H34N4O. The van der Waals surface area contributed by atoms with E-state index in [1.165, 1.54) is 16.8 Å². The number of hydrogen-bond acceptors (Lipinski definition) is 3. The highest BCUT2D eigenvalue weighted by Gasteiger charge is 2.24. The number of rotatable bonds is 6. The predicted molar refractivity (Wildman–Crippen MR) is 123 cm³/mol. The Bertz CT molecular complexity index is 817. The molecular weight excluding hydrogens is 372 g/mol. The van der Waals surface area contributed by atoms with Crippen LogP contribution in [0.1, 0.15) is 30.4 Å². The number of nitrogens with one attached hydrogen (secondary N) is 2. The molecule has 0 aromatic heterocycles. The van der Waals surface area contributed by atoms with Gasteiger partial charge < -0.3 is 15.5 Å². The van der Waals surface area contributed by atoms with Gasteiger partial charge in [-0.1, -0.05) is 48.0 Å². The first-order chi connectivity index (χ1) is 14.7. The predicted octanol–water partition coefficient (Wildman–Crippen LogP) is 3.79. The van der Waals surface area contributed by atoms with Gasteiger partial charge in [0.2, 0.25) is 0 Å². The van der Waals surface area contributed by atoms with Crippen LogP contribution in [-0.2, 0) is 6.54 Å². The number of urea groups is 1. The average Bonchev–Trinajstić information content (AvgIpc) is 3.24. The first-order valence-electron chi connectivity index (χ1n) is 11.3. The Labute approximate surface area is 180 Å². The van der Waals surface area contributed by atoms with Gasteiger partial charge >= 0.3 is 6.03 Å². The van der Waals surface area contributed by atoms with Crippen molar-refractivity contribution in [2.75, 3.05) is 37.6 Å². The van der Waals surface area contributed by atoms with Crippen LogP contribution in [0.2, 0.25) is 0 Å². The van der Waals surface area contributed by atoms with E-state index in [0.29, 0.717) is 5.92 Å². The van der Waals surface area contributed by atoms with Gasteiger partial charge in [-0.3, -0.25) is 4.90 Å². The molecule has 0 aliphatic carbocycles. The van der Waals surface area contributed by atoms with Crippen molar-refractivity contribution in [3.63, 3.8) is 0 Å². The molecule has 2 aromatic rings. The summed E-state index contributed by atoms with van der Waals surface area (Å²) in [6.45, 7) is 8.05. The number of carbonyl (C=O) groups excluding carboxylic acids is 1. The monoisotopic (exact) mass is 406 g/mol. The molecule has 2 N–H and O–H groups in total. The van der Waals surface area contributed by atoms with Gasteiger partial charge in [-0.15, -0.1) is 0 Å². The smallest absolute Gasteiger partial charge is 0.315 e. The SMILES string of the molecule is Cc1cccc(CN2CCC(NC(=O)NC[C@@H]3CCN(c4ccccc4)C3)CC2)c1. The zero-order valence-electron chi connectivity index (χ0n) is 18.0. The Morgan fingerprint density at radius 1 is 1.00 bits per heavy atom. The van der Waals surface area contributed by atoms with Gasteiger partial charge in [0, 0.05) is 51.0 Å². The number of piperidine rings is 1. The third-order valence-electron chi connectivity index (χ3n) is 6.37. The number of likely N-dealkylation sites (tertiary alicyclic amines) is 1. The van der Waals surface area contributed by atoms with E-state index in [1.807, 2.05) is 0 Å². The molecule has 2 aliphatic heterocycles. The molecule has 0 spiro atoms. The van der Waals surface area contributed by atoms with Gasteiger partial charge in [0.05, 0.1) is 0 Å². The Balaban J connectivity index is 1.13. The number of carbonyl (C=O) groups is 1. The van der Waals surface area contributed by atoms with Crippen LogP contribution in [0.4, 0.5) is 10.5 Å². The minimum Gasteiger partial charge on any atom is -0.371 e. The molecule has 2 aromatic carbocycles. The number of aryl methyl sites for hydroxylation is 1. The quantitative estimate of drug-likeness (QED) is 0.767. The van der Waals surface area contributed by atoms with Crippen LogP contribution >= 0.6 is 0 Å². The van der Waals surface area contributed by atoms with E-state index < -0.39 is 0 Å². The van der Waals surface area contributed by atoms with E-state index in [0.717, 1.165) is 58.5 Å². The van der Waals surface area contributed by atoms with E-state index in [4.69, 9.17) is 0 Å². The lowest BCUT2D eigenvalue weighted by atomic mass is 10.0. The summed E-state index contributed by atoms with van der Waals surface area (Å²) in [5.74, 6) is 0.520. The van der Waals surface area contributed by atoms with Gasteiger partial charge in [-0.2, -0.15) is 0 Å². The zero-order valence-corrected chi connectivity index (χ0v) is 18.0. The van der Waals surface area contributed by atoms with Crippen LogP contribution < -0.4 is 15.5 Å². The Morgan fingerprint density at radius 2 is 1.80 bits per heavy atom. The largest absolute Gasteiger partial charge is 0.371 e. The lowest BCUT2D eigenvalue weighted by Gasteiger charge is -2.32. The number of nitrogens with zero attached hydrogens (tertiary/aromatic N) is 2. The molecule has 5 nitrogen and oxygen atoms in total. The maximum atomic E-state index is 12.4. The topological polar surface area (TPSA) is 47.6 Å². The number of hydrogen-bond donors (Lipinski definition) is 2. The molecule has 4 rings (SSSR count). The molecule has 5 heteroatoms. The standard InChI is InChI=1S/C25H34N4O/c1-20-6-5-7-21(16-20)18-28-13-11-23(12-14-28)27-25(30)26-17-22-10-15-29(19-22)24-8-3-2-4-9-24/h2-9,16,22-23H,10-15,17-19H2,1H3,(H2,26,27,30)/t22-/m0/s1. The fourth-order valence-electron chi connectivity index (χ4n) is 4.65. The number of benzene rings is 2. The van der Waals surface area contributed by atoms with Gasteiger partial charge in [-0.25, -0.2) is 4.79 Å². The van der Waals surface area contributed by atoms with Gasteiger partial charge in [0.1, 0.15) is 0 Å². The Hall–Kier alpha value is -2.53. The zero-order chi connectivity index (χ0) is 20.8. The van der Waals surface area contributed by atoms with Crippen molar-refractivity contribution in [2.24, 2.45) is 5.92 Å². The lowest BCUT2D eigenvalue weighted by molar-refractivity contribution is 0.186. The fraction of sp³-hybridized carbons (Fsp3) is 0.480. The normalized spacial score (nSPS) is 20.3.